The fourth-order valence-corrected chi connectivity index (χ4v) is 4.68. The fraction of sp³-hybridized carbons (Fsp3) is 0.481. The number of hydrogen-bond acceptors (Lipinski definition) is 5. The minimum absolute atomic E-state index is 0.284. The Morgan fingerprint density at radius 3 is 2.55 bits per heavy atom. The number of fused-ring (bicyclic) bond motifs is 2. The van der Waals surface area contributed by atoms with Crippen molar-refractivity contribution in [3.8, 4) is 0 Å². The van der Waals surface area contributed by atoms with Gasteiger partial charge in [0.2, 0.25) is 0 Å². The summed E-state index contributed by atoms with van der Waals surface area (Å²) < 4.78 is 12.4. The standard InChI is InChI=1S/C27H33BrO5/c1-17-7-5-8-18(2)15-23(32-26(30)20-10-12-21(28)13-11-20)22-16-24(33-25(29)19(22)3)27(4,31)14-6-9-17/h8-13,22-24,31H,3,5-7,14-16H2,1-2,4H3. The summed E-state index contributed by atoms with van der Waals surface area (Å²) in [6, 6.07) is 6.97. The second kappa shape index (κ2) is 10.8. The van der Waals surface area contributed by atoms with Gasteiger partial charge in [0, 0.05) is 22.4 Å². The van der Waals surface area contributed by atoms with Gasteiger partial charge in [0.1, 0.15) is 12.2 Å². The molecule has 0 saturated carbocycles. The number of hydrogen-bond donors (Lipinski definition) is 1. The third-order valence-corrected chi connectivity index (χ3v) is 7.13. The second-order valence-corrected chi connectivity index (χ2v) is 10.4. The van der Waals surface area contributed by atoms with Crippen molar-refractivity contribution in [3.63, 3.8) is 0 Å². The van der Waals surface area contributed by atoms with Crippen molar-refractivity contribution in [3.05, 3.63) is 69.8 Å². The van der Waals surface area contributed by atoms with E-state index >= 15 is 0 Å². The molecule has 1 aromatic rings. The van der Waals surface area contributed by atoms with Gasteiger partial charge in [-0.05, 0) is 77.1 Å². The molecule has 0 spiro atoms. The maximum absolute atomic E-state index is 13.0. The first kappa shape index (κ1) is 25.4. The topological polar surface area (TPSA) is 72.8 Å². The lowest BCUT2D eigenvalue weighted by molar-refractivity contribution is -0.171. The maximum atomic E-state index is 13.0. The quantitative estimate of drug-likeness (QED) is 0.293. The van der Waals surface area contributed by atoms with E-state index in [0.29, 0.717) is 31.2 Å². The summed E-state index contributed by atoms with van der Waals surface area (Å²) in [5.41, 5.74) is 1.88. The lowest BCUT2D eigenvalue weighted by atomic mass is 9.78. The highest BCUT2D eigenvalue weighted by molar-refractivity contribution is 9.10. The maximum Gasteiger partial charge on any atom is 0.338 e. The van der Waals surface area contributed by atoms with E-state index in [0.717, 1.165) is 22.9 Å². The van der Waals surface area contributed by atoms with Gasteiger partial charge in [-0.25, -0.2) is 9.59 Å². The molecule has 0 amide bonds. The molecule has 33 heavy (non-hydrogen) atoms. The van der Waals surface area contributed by atoms with E-state index in [2.05, 4.69) is 41.6 Å². The van der Waals surface area contributed by atoms with Crippen molar-refractivity contribution in [1.29, 1.82) is 0 Å². The van der Waals surface area contributed by atoms with Crippen LogP contribution in [0.4, 0.5) is 0 Å². The largest absolute Gasteiger partial charge is 0.458 e. The minimum Gasteiger partial charge on any atom is -0.458 e. The van der Waals surface area contributed by atoms with Crippen molar-refractivity contribution < 1.29 is 24.2 Å². The molecular formula is C27H33BrO5. The lowest BCUT2D eigenvalue weighted by Crippen LogP contribution is -2.49. The van der Waals surface area contributed by atoms with Crippen LogP contribution in [-0.4, -0.2) is 34.9 Å². The zero-order chi connectivity index (χ0) is 24.2. The van der Waals surface area contributed by atoms with E-state index in [1.54, 1.807) is 31.2 Å². The van der Waals surface area contributed by atoms with Gasteiger partial charge in [0.15, 0.2) is 0 Å². The van der Waals surface area contributed by atoms with E-state index in [4.69, 9.17) is 9.47 Å². The van der Waals surface area contributed by atoms with Crippen LogP contribution in [0.5, 0.6) is 0 Å². The first-order valence-electron chi connectivity index (χ1n) is 11.5. The fourth-order valence-electron chi connectivity index (χ4n) is 4.41. The summed E-state index contributed by atoms with van der Waals surface area (Å²) in [6.45, 7) is 9.77. The average molecular weight is 517 g/mol. The summed E-state index contributed by atoms with van der Waals surface area (Å²) >= 11 is 3.38. The first-order chi connectivity index (χ1) is 15.6. The van der Waals surface area contributed by atoms with Crippen LogP contribution < -0.4 is 0 Å². The van der Waals surface area contributed by atoms with Gasteiger partial charge in [-0.1, -0.05) is 45.8 Å². The zero-order valence-electron chi connectivity index (χ0n) is 19.6. The lowest BCUT2D eigenvalue weighted by Gasteiger charge is -2.41. The van der Waals surface area contributed by atoms with Crippen LogP contribution in [0, 0.1) is 5.92 Å². The van der Waals surface area contributed by atoms with Gasteiger partial charge < -0.3 is 14.6 Å². The number of carbonyl (C=O) groups excluding carboxylic acids is 2. The Balaban J connectivity index is 1.94. The molecular weight excluding hydrogens is 484 g/mol. The number of esters is 2. The van der Waals surface area contributed by atoms with Crippen molar-refractivity contribution >= 4 is 27.9 Å². The van der Waals surface area contributed by atoms with Crippen LogP contribution in [0.2, 0.25) is 0 Å². The van der Waals surface area contributed by atoms with Gasteiger partial charge >= 0.3 is 11.9 Å². The Labute approximate surface area is 204 Å². The average Bonchev–Trinajstić information content (AvgIpc) is 2.74. The molecule has 3 rings (SSSR count). The molecule has 2 aliphatic rings. The third-order valence-electron chi connectivity index (χ3n) is 6.61. The molecule has 0 aromatic heterocycles. The van der Waals surface area contributed by atoms with Gasteiger partial charge in [0.25, 0.3) is 0 Å². The van der Waals surface area contributed by atoms with E-state index in [9.17, 15) is 14.7 Å². The number of ether oxygens (including phenoxy) is 2. The minimum atomic E-state index is -1.19. The number of rotatable bonds is 2. The summed E-state index contributed by atoms with van der Waals surface area (Å²) in [6.07, 6.45) is 6.84. The number of benzene rings is 1. The molecule has 4 atom stereocenters. The van der Waals surface area contributed by atoms with Gasteiger partial charge in [0.05, 0.1) is 11.2 Å². The normalized spacial score (nSPS) is 29.3. The van der Waals surface area contributed by atoms with E-state index < -0.39 is 35.7 Å². The predicted octanol–water partition coefficient (Wildman–Crippen LogP) is 6.07. The molecule has 1 aromatic carbocycles. The molecule has 4 unspecified atom stereocenters. The van der Waals surface area contributed by atoms with Crippen molar-refractivity contribution in [2.24, 2.45) is 5.92 Å². The van der Waals surface area contributed by atoms with Gasteiger partial charge in [-0.3, -0.25) is 0 Å². The van der Waals surface area contributed by atoms with E-state index in [-0.39, 0.29) is 5.57 Å². The SMILES string of the molecule is C=C1C(=O)OC2CC1C(OC(=O)c1ccc(Br)cc1)CC(C)=CCCC(C)=CCCC2(C)O. The second-order valence-electron chi connectivity index (χ2n) is 9.45. The van der Waals surface area contributed by atoms with Crippen LogP contribution in [0.15, 0.2) is 64.2 Å². The van der Waals surface area contributed by atoms with Crippen LogP contribution >= 0.6 is 15.9 Å². The zero-order valence-corrected chi connectivity index (χ0v) is 21.2. The molecule has 6 heteroatoms. The van der Waals surface area contributed by atoms with Crippen molar-refractivity contribution in [1.82, 2.24) is 0 Å². The number of aliphatic hydroxyl groups is 1. The number of halogens is 1. The van der Waals surface area contributed by atoms with Crippen molar-refractivity contribution in [2.45, 2.75) is 77.1 Å². The molecule has 178 valence electrons. The highest BCUT2D eigenvalue weighted by Gasteiger charge is 2.45. The Kier molecular flexibility index (Phi) is 8.35. The van der Waals surface area contributed by atoms with E-state index in [1.165, 1.54) is 5.57 Å². The Morgan fingerprint density at radius 1 is 1.18 bits per heavy atom. The molecule has 1 aliphatic carbocycles. The smallest absolute Gasteiger partial charge is 0.338 e. The first-order valence-corrected chi connectivity index (χ1v) is 12.3. The van der Waals surface area contributed by atoms with Gasteiger partial charge in [-0.15, -0.1) is 0 Å². The monoisotopic (exact) mass is 516 g/mol. The predicted molar refractivity (Wildman–Crippen MR) is 132 cm³/mol. The van der Waals surface area contributed by atoms with E-state index in [1.807, 2.05) is 6.92 Å². The Morgan fingerprint density at radius 2 is 1.85 bits per heavy atom. The van der Waals surface area contributed by atoms with Crippen LogP contribution in [0.3, 0.4) is 0 Å². The van der Waals surface area contributed by atoms with Crippen LogP contribution in [0.25, 0.3) is 0 Å². The molecule has 5 nitrogen and oxygen atoms in total. The summed E-state index contributed by atoms with van der Waals surface area (Å²) in [4.78, 5) is 25.7. The van der Waals surface area contributed by atoms with Crippen LogP contribution in [0.1, 0.15) is 69.7 Å². The summed E-state index contributed by atoms with van der Waals surface area (Å²) in [5, 5.41) is 11.2. The molecule has 1 heterocycles. The Hall–Kier alpha value is -2.18. The highest BCUT2D eigenvalue weighted by Crippen LogP contribution is 2.38. The van der Waals surface area contributed by atoms with Gasteiger partial charge in [-0.2, -0.15) is 0 Å². The molecule has 0 radical (unpaired) electrons. The molecule has 1 saturated heterocycles. The Bertz CT molecular complexity index is 957. The molecule has 2 bridgehead atoms. The highest BCUT2D eigenvalue weighted by atomic mass is 79.9. The number of carbonyl (C=O) groups is 2. The summed E-state index contributed by atoms with van der Waals surface area (Å²) in [7, 11) is 0. The third kappa shape index (κ3) is 6.67. The van der Waals surface area contributed by atoms with Crippen molar-refractivity contribution in [2.75, 3.05) is 0 Å². The number of allylic oxidation sites excluding steroid dienone is 3. The van der Waals surface area contributed by atoms with Crippen LogP contribution in [-0.2, 0) is 14.3 Å². The summed E-state index contributed by atoms with van der Waals surface area (Å²) in [5.74, 6) is -1.43. The molecule has 1 aliphatic heterocycles. The molecule has 1 fully saturated rings. The molecule has 1 N–H and O–H groups in total.